The lowest BCUT2D eigenvalue weighted by Crippen LogP contribution is -2.14. The van der Waals surface area contributed by atoms with Crippen molar-refractivity contribution >= 4 is 36.4 Å². The number of ether oxygens (including phenoxy) is 1. The molecule has 0 fully saturated rings. The number of carbonyl (C=O) groups is 1. The number of nitrogens with two attached hydrogens (primary N) is 1. The smallest absolute Gasteiger partial charge is 0.243 e. The largest absolute Gasteiger partial charge is 0.437 e. The molecule has 7 heteroatoms. The second-order valence-corrected chi connectivity index (χ2v) is 5.10. The molecule has 132 valence electrons. The summed E-state index contributed by atoms with van der Waals surface area (Å²) in [7, 11) is 0. The van der Waals surface area contributed by atoms with Crippen LogP contribution in [-0.2, 0) is 4.79 Å². The van der Waals surface area contributed by atoms with Gasteiger partial charge in [0.15, 0.2) is 0 Å². The summed E-state index contributed by atoms with van der Waals surface area (Å²) in [4.78, 5) is 16.1. The SMILES string of the molecule is Cc1cccc(Oc2ncccc2NC(=O)CCCN)c1C.Cl.Cl. The highest BCUT2D eigenvalue weighted by Crippen LogP contribution is 2.30. The van der Waals surface area contributed by atoms with Crippen molar-refractivity contribution in [3.05, 3.63) is 47.7 Å². The van der Waals surface area contributed by atoms with E-state index in [1.54, 1.807) is 18.3 Å². The van der Waals surface area contributed by atoms with Crippen LogP contribution in [0, 0.1) is 13.8 Å². The summed E-state index contributed by atoms with van der Waals surface area (Å²) in [5, 5.41) is 2.82. The zero-order valence-electron chi connectivity index (χ0n) is 13.7. The minimum absolute atomic E-state index is 0. The highest BCUT2D eigenvalue weighted by Gasteiger charge is 2.11. The second-order valence-electron chi connectivity index (χ2n) is 5.10. The molecular formula is C17H23Cl2N3O2. The molecule has 0 spiro atoms. The first-order valence-electron chi connectivity index (χ1n) is 7.31. The summed E-state index contributed by atoms with van der Waals surface area (Å²) in [6.45, 7) is 4.51. The Balaban J connectivity index is 0.00000264. The molecule has 5 nitrogen and oxygen atoms in total. The lowest BCUT2D eigenvalue weighted by Gasteiger charge is -2.13. The third-order valence-electron chi connectivity index (χ3n) is 3.41. The Morgan fingerprint density at radius 1 is 1.21 bits per heavy atom. The average Bonchev–Trinajstić information content (AvgIpc) is 2.51. The van der Waals surface area contributed by atoms with Gasteiger partial charge in [-0.3, -0.25) is 4.79 Å². The molecule has 1 amide bonds. The molecule has 0 radical (unpaired) electrons. The summed E-state index contributed by atoms with van der Waals surface area (Å²) >= 11 is 0. The molecule has 3 N–H and O–H groups in total. The van der Waals surface area contributed by atoms with E-state index in [0.717, 1.165) is 16.9 Å². The van der Waals surface area contributed by atoms with Gasteiger partial charge in [-0.1, -0.05) is 12.1 Å². The fourth-order valence-corrected chi connectivity index (χ4v) is 1.98. The van der Waals surface area contributed by atoms with Gasteiger partial charge >= 0.3 is 0 Å². The Morgan fingerprint density at radius 2 is 1.96 bits per heavy atom. The summed E-state index contributed by atoms with van der Waals surface area (Å²) in [6.07, 6.45) is 2.67. The molecule has 0 aliphatic rings. The molecule has 0 saturated heterocycles. The topological polar surface area (TPSA) is 77.2 Å². The predicted octanol–water partition coefficient (Wildman–Crippen LogP) is 4.01. The van der Waals surface area contributed by atoms with Crippen LogP contribution in [0.15, 0.2) is 36.5 Å². The van der Waals surface area contributed by atoms with Gasteiger partial charge in [-0.05, 0) is 56.1 Å². The molecule has 0 aliphatic heterocycles. The molecule has 0 bridgehead atoms. The first kappa shape index (κ1) is 22.2. The zero-order valence-corrected chi connectivity index (χ0v) is 15.4. The fourth-order valence-electron chi connectivity index (χ4n) is 1.98. The van der Waals surface area contributed by atoms with Gasteiger partial charge in [-0.15, -0.1) is 24.8 Å². The van der Waals surface area contributed by atoms with Crippen LogP contribution in [-0.4, -0.2) is 17.4 Å². The van der Waals surface area contributed by atoms with Crippen molar-refractivity contribution < 1.29 is 9.53 Å². The van der Waals surface area contributed by atoms with E-state index < -0.39 is 0 Å². The number of halogens is 2. The number of benzene rings is 1. The van der Waals surface area contributed by atoms with Crippen molar-refractivity contribution in [2.75, 3.05) is 11.9 Å². The van der Waals surface area contributed by atoms with Gasteiger partial charge in [0.2, 0.25) is 11.8 Å². The minimum Gasteiger partial charge on any atom is -0.437 e. The Hall–Kier alpha value is -1.82. The Morgan fingerprint density at radius 3 is 2.67 bits per heavy atom. The number of nitrogens with zero attached hydrogens (tertiary/aromatic N) is 1. The third-order valence-corrected chi connectivity index (χ3v) is 3.41. The summed E-state index contributed by atoms with van der Waals surface area (Å²) < 4.78 is 5.88. The number of hydrogen-bond donors (Lipinski definition) is 2. The molecule has 1 aromatic heterocycles. The molecule has 24 heavy (non-hydrogen) atoms. The molecule has 0 atom stereocenters. The zero-order chi connectivity index (χ0) is 15.9. The van der Waals surface area contributed by atoms with Gasteiger partial charge in [-0.25, -0.2) is 4.98 Å². The molecular weight excluding hydrogens is 349 g/mol. The number of amides is 1. The van der Waals surface area contributed by atoms with E-state index in [1.807, 2.05) is 32.0 Å². The van der Waals surface area contributed by atoms with E-state index in [0.29, 0.717) is 31.0 Å². The van der Waals surface area contributed by atoms with Crippen LogP contribution < -0.4 is 15.8 Å². The van der Waals surface area contributed by atoms with Crippen LogP contribution in [0.2, 0.25) is 0 Å². The van der Waals surface area contributed by atoms with Crippen molar-refractivity contribution in [3.8, 4) is 11.6 Å². The Bertz CT molecular complexity index is 666. The maximum absolute atomic E-state index is 11.8. The van der Waals surface area contributed by atoms with Crippen LogP contribution in [0.1, 0.15) is 24.0 Å². The summed E-state index contributed by atoms with van der Waals surface area (Å²) in [5.41, 5.74) is 8.17. The normalized spacial score (nSPS) is 9.46. The van der Waals surface area contributed by atoms with Gasteiger partial charge in [-0.2, -0.15) is 0 Å². The lowest BCUT2D eigenvalue weighted by atomic mass is 10.1. The molecule has 0 unspecified atom stereocenters. The van der Waals surface area contributed by atoms with E-state index in [4.69, 9.17) is 10.5 Å². The van der Waals surface area contributed by atoms with Crippen LogP contribution in [0.3, 0.4) is 0 Å². The summed E-state index contributed by atoms with van der Waals surface area (Å²) in [6, 6.07) is 9.37. The van der Waals surface area contributed by atoms with Crippen molar-refractivity contribution in [3.63, 3.8) is 0 Å². The number of aromatic nitrogens is 1. The minimum atomic E-state index is -0.0933. The maximum Gasteiger partial charge on any atom is 0.243 e. The summed E-state index contributed by atoms with van der Waals surface area (Å²) in [5.74, 6) is 1.03. The van der Waals surface area contributed by atoms with Crippen molar-refractivity contribution in [1.82, 2.24) is 4.98 Å². The number of nitrogens with one attached hydrogen (secondary N) is 1. The molecule has 0 saturated carbocycles. The number of carbonyl (C=O) groups excluding carboxylic acids is 1. The van der Waals surface area contributed by atoms with Crippen molar-refractivity contribution in [1.29, 1.82) is 0 Å². The lowest BCUT2D eigenvalue weighted by molar-refractivity contribution is -0.116. The number of aryl methyl sites for hydroxylation is 1. The predicted molar refractivity (Wildman–Crippen MR) is 102 cm³/mol. The number of rotatable bonds is 6. The standard InChI is InChI=1S/C17H21N3O2.2ClH/c1-12-6-3-8-15(13(12)2)22-17-14(7-5-11-19-17)20-16(21)9-4-10-18;;/h3,5-8,11H,4,9-10,18H2,1-2H3,(H,20,21);2*1H. The van der Waals surface area contributed by atoms with Gasteiger partial charge < -0.3 is 15.8 Å². The van der Waals surface area contributed by atoms with Crippen LogP contribution in [0.25, 0.3) is 0 Å². The van der Waals surface area contributed by atoms with Crippen molar-refractivity contribution in [2.45, 2.75) is 26.7 Å². The van der Waals surface area contributed by atoms with E-state index in [2.05, 4.69) is 10.3 Å². The molecule has 2 aromatic rings. The van der Waals surface area contributed by atoms with Crippen LogP contribution in [0.5, 0.6) is 11.6 Å². The molecule has 1 aromatic carbocycles. The van der Waals surface area contributed by atoms with Gasteiger partial charge in [0.25, 0.3) is 0 Å². The number of pyridine rings is 1. The van der Waals surface area contributed by atoms with E-state index >= 15 is 0 Å². The quantitative estimate of drug-likeness (QED) is 0.803. The van der Waals surface area contributed by atoms with E-state index in [1.165, 1.54) is 0 Å². The van der Waals surface area contributed by atoms with Gasteiger partial charge in [0, 0.05) is 12.6 Å². The molecule has 2 rings (SSSR count). The monoisotopic (exact) mass is 371 g/mol. The Labute approximate surface area is 154 Å². The molecule has 0 aliphatic carbocycles. The average molecular weight is 372 g/mol. The highest BCUT2D eigenvalue weighted by molar-refractivity contribution is 5.91. The van der Waals surface area contributed by atoms with Gasteiger partial charge in [0.05, 0.1) is 0 Å². The van der Waals surface area contributed by atoms with E-state index in [-0.39, 0.29) is 30.7 Å². The molecule has 1 heterocycles. The first-order valence-corrected chi connectivity index (χ1v) is 7.31. The number of hydrogen-bond acceptors (Lipinski definition) is 4. The van der Waals surface area contributed by atoms with Gasteiger partial charge in [0.1, 0.15) is 11.4 Å². The highest BCUT2D eigenvalue weighted by atomic mass is 35.5. The fraction of sp³-hybridized carbons (Fsp3) is 0.294. The first-order chi connectivity index (χ1) is 10.6. The van der Waals surface area contributed by atoms with Crippen LogP contribution >= 0.6 is 24.8 Å². The third kappa shape index (κ3) is 6.00. The Kier molecular flexibility index (Phi) is 10.0. The maximum atomic E-state index is 11.8. The van der Waals surface area contributed by atoms with E-state index in [9.17, 15) is 4.79 Å². The van der Waals surface area contributed by atoms with Crippen LogP contribution in [0.4, 0.5) is 5.69 Å². The second kappa shape index (κ2) is 10.9. The van der Waals surface area contributed by atoms with Crippen molar-refractivity contribution in [2.24, 2.45) is 5.73 Å². The number of anilines is 1.